The average Bonchev–Trinajstić information content (AvgIpc) is 3.19. The van der Waals surface area contributed by atoms with Gasteiger partial charge in [0.15, 0.2) is 0 Å². The molecule has 3 nitrogen and oxygen atoms in total. The van der Waals surface area contributed by atoms with Gasteiger partial charge in [0.05, 0.1) is 11.8 Å². The fraction of sp³-hybridized carbons (Fsp3) is 0.0952. The van der Waals surface area contributed by atoms with Crippen LogP contribution in [0, 0.1) is 0 Å². The number of hydrogen-bond donors (Lipinski definition) is 1. The van der Waals surface area contributed by atoms with Crippen LogP contribution in [0.1, 0.15) is 22.9 Å². The van der Waals surface area contributed by atoms with Crippen LogP contribution < -0.4 is 5.32 Å². The highest BCUT2D eigenvalue weighted by Crippen LogP contribution is 2.33. The van der Waals surface area contributed by atoms with Crippen molar-refractivity contribution >= 4 is 11.5 Å². The van der Waals surface area contributed by atoms with Gasteiger partial charge in [-0.05, 0) is 23.3 Å². The summed E-state index contributed by atoms with van der Waals surface area (Å²) in [6, 6.07) is 18.7. The minimum Gasteiger partial charge on any atom is -0.467 e. The molecule has 3 rings (SSSR count). The van der Waals surface area contributed by atoms with Gasteiger partial charge in [-0.2, -0.15) is 13.2 Å². The first-order chi connectivity index (χ1) is 12.9. The van der Waals surface area contributed by atoms with Crippen molar-refractivity contribution in [1.29, 1.82) is 0 Å². The number of carbonyl (C=O) groups is 1. The molecule has 1 unspecified atom stereocenters. The Bertz CT molecular complexity index is 902. The molecule has 0 fully saturated rings. The van der Waals surface area contributed by atoms with Gasteiger partial charge in [0.2, 0.25) is 5.91 Å². The number of rotatable bonds is 5. The van der Waals surface area contributed by atoms with E-state index in [0.717, 1.165) is 0 Å². The van der Waals surface area contributed by atoms with Crippen LogP contribution in [0.3, 0.4) is 0 Å². The second kappa shape index (κ2) is 7.95. The summed E-state index contributed by atoms with van der Waals surface area (Å²) in [4.78, 5) is 12.4. The largest absolute Gasteiger partial charge is 0.467 e. The molecule has 0 aliphatic carbocycles. The number of halogens is 3. The van der Waals surface area contributed by atoms with Gasteiger partial charge < -0.3 is 9.73 Å². The molecule has 0 saturated carbocycles. The summed E-state index contributed by atoms with van der Waals surface area (Å²) in [5.41, 5.74) is -0.385. The molecule has 0 aliphatic rings. The first kappa shape index (κ1) is 18.5. The van der Waals surface area contributed by atoms with Crippen LogP contribution in [-0.2, 0) is 4.79 Å². The van der Waals surface area contributed by atoms with Gasteiger partial charge in [-0.25, -0.2) is 0 Å². The van der Waals surface area contributed by atoms with Crippen molar-refractivity contribution in [1.82, 2.24) is 5.32 Å². The molecule has 1 aromatic heterocycles. The Labute approximate surface area is 154 Å². The zero-order chi connectivity index (χ0) is 19.3. The number of amides is 1. The molecule has 0 spiro atoms. The Morgan fingerprint density at radius 2 is 1.56 bits per heavy atom. The van der Waals surface area contributed by atoms with Gasteiger partial charge in [0, 0.05) is 6.08 Å². The topological polar surface area (TPSA) is 42.2 Å². The SMILES string of the molecule is O=C(/C=C(/c1ccccc1)C(F)(F)F)NC(c1ccccc1)c1ccco1. The summed E-state index contributed by atoms with van der Waals surface area (Å²) in [7, 11) is 0. The first-order valence-corrected chi connectivity index (χ1v) is 8.18. The zero-order valence-corrected chi connectivity index (χ0v) is 14.1. The number of benzene rings is 2. The normalized spacial score (nSPS) is 13.2. The van der Waals surface area contributed by atoms with E-state index < -0.39 is 23.7 Å². The lowest BCUT2D eigenvalue weighted by Gasteiger charge is -2.17. The minimum absolute atomic E-state index is 0.0746. The Balaban J connectivity index is 1.92. The van der Waals surface area contributed by atoms with Crippen molar-refractivity contribution < 1.29 is 22.4 Å². The van der Waals surface area contributed by atoms with Gasteiger partial charge >= 0.3 is 6.18 Å². The number of nitrogens with one attached hydrogen (secondary N) is 1. The molecule has 0 bridgehead atoms. The number of allylic oxidation sites excluding steroid dienone is 1. The molecule has 138 valence electrons. The third kappa shape index (κ3) is 4.67. The molecule has 2 aromatic carbocycles. The van der Waals surface area contributed by atoms with Crippen molar-refractivity contribution in [2.45, 2.75) is 12.2 Å². The highest BCUT2D eigenvalue weighted by Gasteiger charge is 2.35. The molecule has 1 N–H and O–H groups in total. The van der Waals surface area contributed by atoms with Crippen molar-refractivity contribution in [2.24, 2.45) is 0 Å². The molecular formula is C21H16F3NO2. The van der Waals surface area contributed by atoms with Gasteiger partial charge in [-0.1, -0.05) is 60.7 Å². The van der Waals surface area contributed by atoms with E-state index in [9.17, 15) is 18.0 Å². The van der Waals surface area contributed by atoms with Crippen molar-refractivity contribution in [2.75, 3.05) is 0 Å². The Morgan fingerprint density at radius 3 is 2.11 bits per heavy atom. The second-order valence-corrected chi connectivity index (χ2v) is 5.79. The fourth-order valence-corrected chi connectivity index (χ4v) is 2.68. The maximum Gasteiger partial charge on any atom is 0.417 e. The number of furan rings is 1. The molecule has 0 saturated heterocycles. The van der Waals surface area contributed by atoms with E-state index in [2.05, 4.69) is 5.32 Å². The zero-order valence-electron chi connectivity index (χ0n) is 14.1. The lowest BCUT2D eigenvalue weighted by Crippen LogP contribution is -2.28. The molecule has 1 heterocycles. The van der Waals surface area contributed by atoms with E-state index in [1.54, 1.807) is 42.5 Å². The molecule has 1 amide bonds. The predicted octanol–water partition coefficient (Wildman–Crippen LogP) is 5.13. The molecular weight excluding hydrogens is 355 g/mol. The Kier molecular flexibility index (Phi) is 5.45. The van der Waals surface area contributed by atoms with E-state index >= 15 is 0 Å². The van der Waals surface area contributed by atoms with Crippen molar-refractivity contribution in [3.8, 4) is 0 Å². The van der Waals surface area contributed by atoms with Crippen molar-refractivity contribution in [3.05, 3.63) is 102 Å². The van der Waals surface area contributed by atoms with E-state index in [1.807, 2.05) is 6.07 Å². The molecule has 27 heavy (non-hydrogen) atoms. The van der Waals surface area contributed by atoms with Crippen LogP contribution >= 0.6 is 0 Å². The molecule has 6 heteroatoms. The van der Waals surface area contributed by atoms with Crippen LogP contribution in [0.2, 0.25) is 0 Å². The lowest BCUT2D eigenvalue weighted by molar-refractivity contribution is -0.117. The van der Waals surface area contributed by atoms with Crippen molar-refractivity contribution in [3.63, 3.8) is 0 Å². The third-order valence-corrected chi connectivity index (χ3v) is 3.91. The minimum atomic E-state index is -4.66. The summed E-state index contributed by atoms with van der Waals surface area (Å²) in [6.07, 6.45) is -2.64. The van der Waals surface area contributed by atoms with Gasteiger partial charge in [0.1, 0.15) is 11.8 Å². The number of carbonyl (C=O) groups excluding carboxylic acids is 1. The summed E-state index contributed by atoms with van der Waals surface area (Å²) in [5.74, 6) is -0.437. The molecule has 1 atom stereocenters. The Hall–Kier alpha value is -3.28. The second-order valence-electron chi connectivity index (χ2n) is 5.79. The summed E-state index contributed by atoms with van der Waals surface area (Å²) < 4.78 is 45.6. The van der Waals surface area contributed by atoms with Crippen LogP contribution in [-0.4, -0.2) is 12.1 Å². The molecule has 0 aliphatic heterocycles. The predicted molar refractivity (Wildman–Crippen MR) is 95.6 cm³/mol. The van der Waals surface area contributed by atoms with Crippen LogP contribution in [0.5, 0.6) is 0 Å². The molecule has 3 aromatic rings. The highest BCUT2D eigenvalue weighted by atomic mass is 19.4. The fourth-order valence-electron chi connectivity index (χ4n) is 2.68. The van der Waals surface area contributed by atoms with E-state index in [1.165, 1.54) is 30.5 Å². The van der Waals surface area contributed by atoms with E-state index in [-0.39, 0.29) is 5.56 Å². The third-order valence-electron chi connectivity index (χ3n) is 3.91. The van der Waals surface area contributed by atoms with Gasteiger partial charge in [0.25, 0.3) is 0 Å². The van der Waals surface area contributed by atoms with Gasteiger partial charge in [-0.3, -0.25) is 4.79 Å². The number of alkyl halides is 3. The van der Waals surface area contributed by atoms with E-state index in [4.69, 9.17) is 4.42 Å². The maximum atomic E-state index is 13.4. The number of hydrogen-bond acceptors (Lipinski definition) is 2. The van der Waals surface area contributed by atoms with Crippen LogP contribution in [0.15, 0.2) is 89.6 Å². The first-order valence-electron chi connectivity index (χ1n) is 8.18. The standard InChI is InChI=1S/C21H16F3NO2/c22-21(23,24)17(15-8-3-1-4-9-15)14-19(26)25-20(18-12-7-13-27-18)16-10-5-2-6-11-16/h1-14,20H,(H,25,26)/b17-14-. The smallest absolute Gasteiger partial charge is 0.417 e. The average molecular weight is 371 g/mol. The highest BCUT2D eigenvalue weighted by molar-refractivity contribution is 5.96. The summed E-state index contributed by atoms with van der Waals surface area (Å²) >= 11 is 0. The van der Waals surface area contributed by atoms with Crippen LogP contribution in [0.25, 0.3) is 5.57 Å². The lowest BCUT2D eigenvalue weighted by atomic mass is 10.0. The summed E-state index contributed by atoms with van der Waals surface area (Å²) in [5, 5.41) is 2.60. The Morgan fingerprint density at radius 1 is 0.926 bits per heavy atom. The molecule has 0 radical (unpaired) electrons. The van der Waals surface area contributed by atoms with E-state index in [0.29, 0.717) is 17.4 Å². The summed E-state index contributed by atoms with van der Waals surface area (Å²) in [6.45, 7) is 0. The maximum absolute atomic E-state index is 13.4. The monoisotopic (exact) mass is 371 g/mol. The van der Waals surface area contributed by atoms with Crippen LogP contribution in [0.4, 0.5) is 13.2 Å². The van der Waals surface area contributed by atoms with Gasteiger partial charge in [-0.15, -0.1) is 0 Å². The quantitative estimate of drug-likeness (QED) is 0.632.